The molecule has 0 aliphatic carbocycles. The molecule has 0 saturated heterocycles. The molecule has 2 rings (SSSR count). The Hall–Kier alpha value is -2.86. The Balaban J connectivity index is 2.11. The van der Waals surface area contributed by atoms with E-state index < -0.39 is 6.04 Å². The lowest BCUT2D eigenvalue weighted by molar-refractivity contribution is -0.119. The minimum atomic E-state index is -0.702. The standard InChI is InChI=1S/C21H24ClN3O3/c1-4-13(2)18(25-20(27)15-5-9-16(22)10-6-15)21(28)24-17-11-7-14(8-12-17)19(26)23-3/h5-13,18H,4H2,1-3H3,(H,23,26)(H,24,28)(H,25,27). The zero-order valence-corrected chi connectivity index (χ0v) is 16.8. The van der Waals surface area contributed by atoms with Crippen LogP contribution in [0.25, 0.3) is 0 Å². The van der Waals surface area contributed by atoms with Gasteiger partial charge in [0.2, 0.25) is 5.91 Å². The summed E-state index contributed by atoms with van der Waals surface area (Å²) in [5.41, 5.74) is 1.47. The molecule has 3 amide bonds. The number of hydrogen-bond donors (Lipinski definition) is 3. The topological polar surface area (TPSA) is 87.3 Å². The summed E-state index contributed by atoms with van der Waals surface area (Å²) in [6, 6.07) is 12.3. The number of rotatable bonds is 7. The van der Waals surface area contributed by atoms with Gasteiger partial charge in [-0.3, -0.25) is 14.4 Å². The number of hydrogen-bond acceptors (Lipinski definition) is 3. The highest BCUT2D eigenvalue weighted by Gasteiger charge is 2.26. The van der Waals surface area contributed by atoms with Gasteiger partial charge in [-0.2, -0.15) is 0 Å². The van der Waals surface area contributed by atoms with Crippen molar-refractivity contribution in [3.63, 3.8) is 0 Å². The molecule has 0 fully saturated rings. The van der Waals surface area contributed by atoms with Gasteiger partial charge in [-0.05, 0) is 54.4 Å². The van der Waals surface area contributed by atoms with Gasteiger partial charge >= 0.3 is 0 Å². The SMILES string of the molecule is CCC(C)C(NC(=O)c1ccc(Cl)cc1)C(=O)Nc1ccc(C(=O)NC)cc1. The van der Waals surface area contributed by atoms with Crippen LogP contribution in [0.2, 0.25) is 5.02 Å². The molecular weight excluding hydrogens is 378 g/mol. The highest BCUT2D eigenvalue weighted by Crippen LogP contribution is 2.15. The molecule has 3 N–H and O–H groups in total. The van der Waals surface area contributed by atoms with Gasteiger partial charge in [-0.15, -0.1) is 0 Å². The molecule has 7 heteroatoms. The first-order chi connectivity index (χ1) is 13.3. The molecule has 148 valence electrons. The van der Waals surface area contributed by atoms with Crippen LogP contribution < -0.4 is 16.0 Å². The van der Waals surface area contributed by atoms with Crippen LogP contribution in [0.1, 0.15) is 41.0 Å². The first kappa shape index (κ1) is 21.4. The summed E-state index contributed by atoms with van der Waals surface area (Å²) < 4.78 is 0. The Morgan fingerprint density at radius 2 is 1.46 bits per heavy atom. The smallest absolute Gasteiger partial charge is 0.251 e. The monoisotopic (exact) mass is 401 g/mol. The summed E-state index contributed by atoms with van der Waals surface area (Å²) in [5, 5.41) is 8.68. The van der Waals surface area contributed by atoms with Gasteiger partial charge < -0.3 is 16.0 Å². The molecule has 0 radical (unpaired) electrons. The molecule has 0 aliphatic rings. The minimum absolute atomic E-state index is 0.0682. The first-order valence-electron chi connectivity index (χ1n) is 9.05. The quantitative estimate of drug-likeness (QED) is 0.663. The summed E-state index contributed by atoms with van der Waals surface area (Å²) in [6.07, 6.45) is 0.717. The lowest BCUT2D eigenvalue weighted by Crippen LogP contribution is -2.47. The third kappa shape index (κ3) is 5.57. The van der Waals surface area contributed by atoms with Crippen molar-refractivity contribution in [2.45, 2.75) is 26.3 Å². The molecule has 6 nitrogen and oxygen atoms in total. The maximum atomic E-state index is 12.8. The lowest BCUT2D eigenvalue weighted by Gasteiger charge is -2.23. The van der Waals surface area contributed by atoms with E-state index in [9.17, 15) is 14.4 Å². The molecule has 2 aromatic rings. The molecule has 0 aliphatic heterocycles. The fourth-order valence-electron chi connectivity index (χ4n) is 2.60. The van der Waals surface area contributed by atoms with Gasteiger partial charge in [0, 0.05) is 28.9 Å². The van der Waals surface area contributed by atoms with E-state index in [4.69, 9.17) is 11.6 Å². The molecule has 0 bridgehead atoms. The van der Waals surface area contributed by atoms with Gasteiger partial charge in [0.25, 0.3) is 11.8 Å². The minimum Gasteiger partial charge on any atom is -0.355 e. The van der Waals surface area contributed by atoms with Crippen molar-refractivity contribution in [1.82, 2.24) is 10.6 Å². The number of anilines is 1. The van der Waals surface area contributed by atoms with Crippen molar-refractivity contribution in [3.8, 4) is 0 Å². The van der Waals surface area contributed by atoms with Crippen LogP contribution in [-0.2, 0) is 4.79 Å². The van der Waals surface area contributed by atoms with Crippen LogP contribution in [0.4, 0.5) is 5.69 Å². The predicted molar refractivity (Wildman–Crippen MR) is 111 cm³/mol. The second kappa shape index (κ2) is 9.90. The van der Waals surface area contributed by atoms with E-state index in [0.717, 1.165) is 0 Å². The van der Waals surface area contributed by atoms with Crippen LogP contribution >= 0.6 is 11.6 Å². The summed E-state index contributed by atoms with van der Waals surface area (Å²) in [5.74, 6) is -0.927. The number of halogens is 1. The Morgan fingerprint density at radius 3 is 2.00 bits per heavy atom. The highest BCUT2D eigenvalue weighted by atomic mass is 35.5. The van der Waals surface area contributed by atoms with E-state index in [2.05, 4.69) is 16.0 Å². The Morgan fingerprint density at radius 1 is 0.929 bits per heavy atom. The van der Waals surface area contributed by atoms with E-state index in [1.807, 2.05) is 13.8 Å². The van der Waals surface area contributed by atoms with E-state index >= 15 is 0 Å². The second-order valence-electron chi connectivity index (χ2n) is 6.49. The van der Waals surface area contributed by atoms with Crippen LogP contribution in [0.5, 0.6) is 0 Å². The van der Waals surface area contributed by atoms with Crippen molar-refractivity contribution in [1.29, 1.82) is 0 Å². The number of carbonyl (C=O) groups is 3. The average molecular weight is 402 g/mol. The highest BCUT2D eigenvalue weighted by molar-refractivity contribution is 6.30. The summed E-state index contributed by atoms with van der Waals surface area (Å²) in [4.78, 5) is 36.9. The van der Waals surface area contributed by atoms with Crippen LogP contribution in [0, 0.1) is 5.92 Å². The molecule has 0 heterocycles. The maximum Gasteiger partial charge on any atom is 0.251 e. The predicted octanol–water partition coefficient (Wildman–Crippen LogP) is 3.48. The molecule has 0 spiro atoms. The van der Waals surface area contributed by atoms with E-state index in [-0.39, 0.29) is 23.6 Å². The number of benzene rings is 2. The largest absolute Gasteiger partial charge is 0.355 e. The van der Waals surface area contributed by atoms with E-state index in [1.165, 1.54) is 0 Å². The molecule has 0 aromatic heterocycles. The Bertz CT molecular complexity index is 835. The van der Waals surface area contributed by atoms with Crippen molar-refractivity contribution in [2.75, 3.05) is 12.4 Å². The summed E-state index contributed by atoms with van der Waals surface area (Å²) >= 11 is 5.85. The fraction of sp³-hybridized carbons (Fsp3) is 0.286. The lowest BCUT2D eigenvalue weighted by atomic mass is 9.97. The Kier molecular flexibility index (Phi) is 7.58. The van der Waals surface area contributed by atoms with Gasteiger partial charge in [0.15, 0.2) is 0 Å². The molecule has 28 heavy (non-hydrogen) atoms. The van der Waals surface area contributed by atoms with Gasteiger partial charge in [0.1, 0.15) is 6.04 Å². The maximum absolute atomic E-state index is 12.8. The summed E-state index contributed by atoms with van der Waals surface area (Å²) in [6.45, 7) is 3.86. The normalized spacial score (nSPS) is 12.6. The van der Waals surface area contributed by atoms with Crippen LogP contribution in [0.15, 0.2) is 48.5 Å². The first-order valence-corrected chi connectivity index (χ1v) is 9.43. The molecule has 2 unspecified atom stereocenters. The number of amides is 3. The van der Waals surface area contributed by atoms with Crippen molar-refractivity contribution in [3.05, 3.63) is 64.7 Å². The third-order valence-electron chi connectivity index (χ3n) is 4.53. The van der Waals surface area contributed by atoms with Gasteiger partial charge in [-0.1, -0.05) is 31.9 Å². The second-order valence-corrected chi connectivity index (χ2v) is 6.93. The summed E-state index contributed by atoms with van der Waals surface area (Å²) in [7, 11) is 1.55. The van der Waals surface area contributed by atoms with Gasteiger partial charge in [0.05, 0.1) is 0 Å². The van der Waals surface area contributed by atoms with E-state index in [0.29, 0.717) is 28.3 Å². The molecule has 2 atom stereocenters. The fourth-order valence-corrected chi connectivity index (χ4v) is 2.72. The van der Waals surface area contributed by atoms with Crippen molar-refractivity contribution < 1.29 is 14.4 Å². The Labute approximate surface area is 169 Å². The molecule has 0 saturated carbocycles. The molecule has 2 aromatic carbocycles. The molecular formula is C21H24ClN3O3. The van der Waals surface area contributed by atoms with Crippen molar-refractivity contribution >= 4 is 35.0 Å². The zero-order chi connectivity index (χ0) is 20.7. The van der Waals surface area contributed by atoms with Crippen LogP contribution in [-0.4, -0.2) is 30.8 Å². The van der Waals surface area contributed by atoms with E-state index in [1.54, 1.807) is 55.6 Å². The third-order valence-corrected chi connectivity index (χ3v) is 4.78. The average Bonchev–Trinajstić information content (AvgIpc) is 2.71. The van der Waals surface area contributed by atoms with Crippen LogP contribution in [0.3, 0.4) is 0 Å². The van der Waals surface area contributed by atoms with Crippen molar-refractivity contribution in [2.24, 2.45) is 5.92 Å². The van der Waals surface area contributed by atoms with Gasteiger partial charge in [-0.25, -0.2) is 0 Å². The zero-order valence-electron chi connectivity index (χ0n) is 16.1. The number of nitrogens with one attached hydrogen (secondary N) is 3. The number of carbonyl (C=O) groups excluding carboxylic acids is 3.